The Kier molecular flexibility index (Phi) is 4.22. The van der Waals surface area contributed by atoms with Crippen molar-refractivity contribution in [3.8, 4) is 0 Å². The average molecular weight is 240 g/mol. The summed E-state index contributed by atoms with van der Waals surface area (Å²) in [6.07, 6.45) is 2.16. The zero-order valence-corrected chi connectivity index (χ0v) is 10.3. The van der Waals surface area contributed by atoms with Crippen LogP contribution in [0.5, 0.6) is 0 Å². The van der Waals surface area contributed by atoms with Gasteiger partial charge in [0, 0.05) is 23.6 Å². The van der Waals surface area contributed by atoms with Crippen molar-refractivity contribution in [1.29, 1.82) is 0 Å². The fraction of sp³-hybridized carbons (Fsp3) is 0.538. The number of halogens is 1. The van der Waals surface area contributed by atoms with E-state index in [0.29, 0.717) is 12.0 Å². The molecule has 1 aromatic rings. The lowest BCUT2D eigenvalue weighted by Gasteiger charge is -2.31. The molecular formula is C13H18ClNO. The molecule has 0 radical (unpaired) electrons. The third kappa shape index (κ3) is 2.97. The summed E-state index contributed by atoms with van der Waals surface area (Å²) in [5, 5.41) is 4.18. The minimum Gasteiger partial charge on any atom is -0.381 e. The van der Waals surface area contributed by atoms with E-state index in [-0.39, 0.29) is 0 Å². The van der Waals surface area contributed by atoms with Crippen LogP contribution < -0.4 is 5.32 Å². The largest absolute Gasteiger partial charge is 0.381 e. The fourth-order valence-electron chi connectivity index (χ4n) is 2.30. The van der Waals surface area contributed by atoms with Crippen molar-refractivity contribution in [2.75, 3.05) is 20.3 Å². The zero-order valence-electron chi connectivity index (χ0n) is 9.58. The quantitative estimate of drug-likeness (QED) is 0.875. The zero-order chi connectivity index (χ0) is 11.4. The Morgan fingerprint density at radius 3 is 2.81 bits per heavy atom. The van der Waals surface area contributed by atoms with Crippen molar-refractivity contribution in [3.63, 3.8) is 0 Å². The average Bonchev–Trinajstić information content (AvgIpc) is 2.33. The molecule has 1 aliphatic rings. The minimum atomic E-state index is 0.569. The first kappa shape index (κ1) is 11.9. The van der Waals surface area contributed by atoms with E-state index in [1.807, 2.05) is 19.2 Å². The number of nitrogens with one attached hydrogen (secondary N) is 1. The van der Waals surface area contributed by atoms with E-state index in [9.17, 15) is 0 Å². The number of benzene rings is 1. The smallest absolute Gasteiger partial charge is 0.0512 e. The number of hydrogen-bond acceptors (Lipinski definition) is 2. The third-order valence-electron chi connectivity index (χ3n) is 3.26. The van der Waals surface area contributed by atoms with Gasteiger partial charge in [0.1, 0.15) is 0 Å². The molecule has 2 rings (SSSR count). The topological polar surface area (TPSA) is 21.3 Å². The van der Waals surface area contributed by atoms with Crippen molar-refractivity contribution in [3.05, 3.63) is 34.9 Å². The number of hydrogen-bond donors (Lipinski definition) is 1. The van der Waals surface area contributed by atoms with Crippen LogP contribution in [0, 0.1) is 5.92 Å². The first-order valence-electron chi connectivity index (χ1n) is 5.79. The lowest BCUT2D eigenvalue weighted by molar-refractivity contribution is 0.0342. The molecule has 2 nitrogen and oxygen atoms in total. The summed E-state index contributed by atoms with van der Waals surface area (Å²) in [5.41, 5.74) is 1.33. The van der Waals surface area contributed by atoms with Gasteiger partial charge in [0.15, 0.2) is 0 Å². The molecule has 1 aromatic carbocycles. The summed E-state index contributed by atoms with van der Waals surface area (Å²) in [6, 6.07) is 8.68. The van der Waals surface area contributed by atoms with Crippen molar-refractivity contribution < 1.29 is 4.74 Å². The monoisotopic (exact) mass is 239 g/mol. The standard InChI is InChI=1S/C13H18ClNO/c1-15-13-6-7-16-9-11(13)8-10-2-4-12(14)5-3-10/h2-5,11,13,15H,6-9H2,1H3. The van der Waals surface area contributed by atoms with Crippen molar-refractivity contribution in [2.45, 2.75) is 18.9 Å². The fourth-order valence-corrected chi connectivity index (χ4v) is 2.43. The highest BCUT2D eigenvalue weighted by Gasteiger charge is 2.24. The molecule has 0 spiro atoms. The van der Waals surface area contributed by atoms with Crippen LogP contribution >= 0.6 is 11.6 Å². The predicted octanol–water partition coefficient (Wildman–Crippen LogP) is 2.51. The molecule has 0 saturated carbocycles. The summed E-state index contributed by atoms with van der Waals surface area (Å²) >= 11 is 5.87. The van der Waals surface area contributed by atoms with Gasteiger partial charge in [-0.3, -0.25) is 0 Å². The second kappa shape index (κ2) is 5.67. The molecule has 16 heavy (non-hydrogen) atoms. The van der Waals surface area contributed by atoms with Crippen LogP contribution in [0.25, 0.3) is 0 Å². The predicted molar refractivity (Wildman–Crippen MR) is 66.9 cm³/mol. The van der Waals surface area contributed by atoms with Crippen LogP contribution in [0.3, 0.4) is 0 Å². The van der Waals surface area contributed by atoms with Gasteiger partial charge in [-0.2, -0.15) is 0 Å². The van der Waals surface area contributed by atoms with Gasteiger partial charge in [0.05, 0.1) is 6.61 Å². The highest BCUT2D eigenvalue weighted by molar-refractivity contribution is 6.30. The molecule has 0 aromatic heterocycles. The summed E-state index contributed by atoms with van der Waals surface area (Å²) in [4.78, 5) is 0. The maximum absolute atomic E-state index is 5.87. The Morgan fingerprint density at radius 2 is 2.12 bits per heavy atom. The molecular weight excluding hydrogens is 222 g/mol. The van der Waals surface area contributed by atoms with Gasteiger partial charge >= 0.3 is 0 Å². The molecule has 3 heteroatoms. The number of ether oxygens (including phenoxy) is 1. The molecule has 1 aliphatic heterocycles. The van der Waals surface area contributed by atoms with Gasteiger partial charge in [0.25, 0.3) is 0 Å². The van der Waals surface area contributed by atoms with E-state index in [4.69, 9.17) is 16.3 Å². The summed E-state index contributed by atoms with van der Waals surface area (Å²) in [7, 11) is 2.03. The van der Waals surface area contributed by atoms with E-state index in [2.05, 4.69) is 17.4 Å². The molecule has 0 aliphatic carbocycles. The van der Waals surface area contributed by atoms with Crippen LogP contribution in [0.2, 0.25) is 5.02 Å². The normalized spacial score (nSPS) is 25.6. The highest BCUT2D eigenvalue weighted by atomic mass is 35.5. The maximum Gasteiger partial charge on any atom is 0.0512 e. The van der Waals surface area contributed by atoms with Gasteiger partial charge in [-0.25, -0.2) is 0 Å². The first-order chi connectivity index (χ1) is 7.79. The maximum atomic E-state index is 5.87. The molecule has 1 heterocycles. The second-order valence-corrected chi connectivity index (χ2v) is 4.79. The van der Waals surface area contributed by atoms with E-state index in [1.54, 1.807) is 0 Å². The minimum absolute atomic E-state index is 0.569. The molecule has 0 bridgehead atoms. The molecule has 88 valence electrons. The third-order valence-corrected chi connectivity index (χ3v) is 3.51. The number of rotatable bonds is 3. The van der Waals surface area contributed by atoms with E-state index in [1.165, 1.54) is 5.56 Å². The molecule has 1 N–H and O–H groups in total. The summed E-state index contributed by atoms with van der Waals surface area (Å²) < 4.78 is 5.54. The summed E-state index contributed by atoms with van der Waals surface area (Å²) in [6.45, 7) is 1.73. The Hall–Kier alpha value is -0.570. The van der Waals surface area contributed by atoms with Crippen LogP contribution in [0.4, 0.5) is 0 Å². The van der Waals surface area contributed by atoms with Gasteiger partial charge in [0.2, 0.25) is 0 Å². The molecule has 2 atom stereocenters. The molecule has 1 fully saturated rings. The van der Waals surface area contributed by atoms with Crippen LogP contribution in [-0.4, -0.2) is 26.3 Å². The van der Waals surface area contributed by atoms with Crippen molar-refractivity contribution >= 4 is 11.6 Å². The molecule has 1 saturated heterocycles. The Balaban J connectivity index is 1.99. The molecule has 0 amide bonds. The Labute approximate surface area is 102 Å². The van der Waals surface area contributed by atoms with E-state index in [0.717, 1.165) is 31.1 Å². The van der Waals surface area contributed by atoms with E-state index >= 15 is 0 Å². The second-order valence-electron chi connectivity index (χ2n) is 4.35. The van der Waals surface area contributed by atoms with Gasteiger partial charge in [-0.05, 0) is 37.6 Å². The lowest BCUT2D eigenvalue weighted by atomic mass is 9.89. The van der Waals surface area contributed by atoms with Gasteiger partial charge < -0.3 is 10.1 Å². The van der Waals surface area contributed by atoms with Crippen LogP contribution in [0.15, 0.2) is 24.3 Å². The highest BCUT2D eigenvalue weighted by Crippen LogP contribution is 2.20. The van der Waals surface area contributed by atoms with Crippen LogP contribution in [-0.2, 0) is 11.2 Å². The van der Waals surface area contributed by atoms with E-state index < -0.39 is 0 Å². The van der Waals surface area contributed by atoms with Gasteiger partial charge in [-0.1, -0.05) is 23.7 Å². The lowest BCUT2D eigenvalue weighted by Crippen LogP contribution is -2.41. The molecule has 2 unspecified atom stereocenters. The van der Waals surface area contributed by atoms with Crippen molar-refractivity contribution in [1.82, 2.24) is 5.32 Å². The van der Waals surface area contributed by atoms with Crippen molar-refractivity contribution in [2.24, 2.45) is 5.92 Å². The summed E-state index contributed by atoms with van der Waals surface area (Å²) in [5.74, 6) is 0.569. The Morgan fingerprint density at radius 1 is 1.38 bits per heavy atom. The Bertz CT molecular complexity index is 325. The first-order valence-corrected chi connectivity index (χ1v) is 6.17. The SMILES string of the molecule is CNC1CCOCC1Cc1ccc(Cl)cc1. The van der Waals surface area contributed by atoms with Gasteiger partial charge in [-0.15, -0.1) is 0 Å². The van der Waals surface area contributed by atoms with Crippen LogP contribution in [0.1, 0.15) is 12.0 Å².